The fourth-order valence-electron chi connectivity index (χ4n) is 2.56. The van der Waals surface area contributed by atoms with E-state index in [1.807, 2.05) is 13.0 Å². The molecule has 0 bridgehead atoms. The Morgan fingerprint density at radius 3 is 2.67 bits per heavy atom. The van der Waals surface area contributed by atoms with Gasteiger partial charge in [0.15, 0.2) is 6.10 Å². The van der Waals surface area contributed by atoms with Gasteiger partial charge >= 0.3 is 5.97 Å². The van der Waals surface area contributed by atoms with Gasteiger partial charge in [-0.1, -0.05) is 32.9 Å². The number of hydrogen-bond donors (Lipinski definition) is 1. The van der Waals surface area contributed by atoms with E-state index < -0.39 is 12.1 Å². The lowest BCUT2D eigenvalue weighted by Gasteiger charge is -2.24. The monoisotopic (exact) mass is 292 g/mol. The van der Waals surface area contributed by atoms with Gasteiger partial charge in [0.1, 0.15) is 12.4 Å². The standard InChI is InChI=1S/C17H24O4/c1-11-5-7-13(17(2,3)4)15(9-11)20-10-12-6-8-14(21-12)16(18)19/h5,7,9,12,14H,6,8,10H2,1-4H3,(H,18,19). The van der Waals surface area contributed by atoms with Crippen LogP contribution in [0.15, 0.2) is 18.2 Å². The SMILES string of the molecule is Cc1ccc(C(C)(C)C)c(OCC2CCC(C(=O)O)O2)c1. The molecule has 2 unspecified atom stereocenters. The van der Waals surface area contributed by atoms with Gasteiger partial charge in [-0.25, -0.2) is 4.79 Å². The average molecular weight is 292 g/mol. The van der Waals surface area contributed by atoms with E-state index >= 15 is 0 Å². The largest absolute Gasteiger partial charge is 0.491 e. The minimum Gasteiger partial charge on any atom is -0.491 e. The molecular formula is C17H24O4. The summed E-state index contributed by atoms with van der Waals surface area (Å²) >= 11 is 0. The number of ether oxygens (including phenoxy) is 2. The molecule has 0 radical (unpaired) electrons. The topological polar surface area (TPSA) is 55.8 Å². The fourth-order valence-corrected chi connectivity index (χ4v) is 2.56. The van der Waals surface area contributed by atoms with Gasteiger partial charge in [0.25, 0.3) is 0 Å². The van der Waals surface area contributed by atoms with E-state index in [0.717, 1.165) is 23.3 Å². The highest BCUT2D eigenvalue weighted by Crippen LogP contribution is 2.32. The van der Waals surface area contributed by atoms with Gasteiger partial charge in [-0.05, 0) is 42.4 Å². The van der Waals surface area contributed by atoms with E-state index in [1.54, 1.807) is 0 Å². The van der Waals surface area contributed by atoms with Crippen molar-refractivity contribution < 1.29 is 19.4 Å². The fraction of sp³-hybridized carbons (Fsp3) is 0.588. The number of carboxylic acids is 1. The van der Waals surface area contributed by atoms with E-state index in [1.165, 1.54) is 0 Å². The van der Waals surface area contributed by atoms with Crippen LogP contribution in [0.4, 0.5) is 0 Å². The summed E-state index contributed by atoms with van der Waals surface area (Å²) in [6, 6.07) is 6.21. The predicted octanol–water partition coefficient (Wildman–Crippen LogP) is 3.30. The maximum atomic E-state index is 10.9. The Labute approximate surface area is 126 Å². The molecule has 4 nitrogen and oxygen atoms in total. The van der Waals surface area contributed by atoms with Crippen LogP contribution in [-0.4, -0.2) is 29.9 Å². The van der Waals surface area contributed by atoms with Crippen LogP contribution in [-0.2, 0) is 14.9 Å². The van der Waals surface area contributed by atoms with E-state index in [9.17, 15) is 4.79 Å². The van der Waals surface area contributed by atoms with Crippen LogP contribution in [0.2, 0.25) is 0 Å². The van der Waals surface area contributed by atoms with Crippen molar-refractivity contribution in [2.24, 2.45) is 0 Å². The van der Waals surface area contributed by atoms with Gasteiger partial charge in [0.2, 0.25) is 0 Å². The van der Waals surface area contributed by atoms with E-state index in [0.29, 0.717) is 13.0 Å². The first kappa shape index (κ1) is 15.8. The van der Waals surface area contributed by atoms with Crippen LogP contribution in [0.25, 0.3) is 0 Å². The van der Waals surface area contributed by atoms with E-state index in [2.05, 4.69) is 32.9 Å². The molecule has 1 aromatic rings. The average Bonchev–Trinajstić information content (AvgIpc) is 2.83. The van der Waals surface area contributed by atoms with Crippen LogP contribution < -0.4 is 4.74 Å². The highest BCUT2D eigenvalue weighted by molar-refractivity contribution is 5.72. The second kappa shape index (κ2) is 6.06. The van der Waals surface area contributed by atoms with Crippen molar-refractivity contribution in [3.8, 4) is 5.75 Å². The Balaban J connectivity index is 2.03. The Kier molecular flexibility index (Phi) is 4.57. The van der Waals surface area contributed by atoms with Gasteiger partial charge in [0.05, 0.1) is 6.10 Å². The highest BCUT2D eigenvalue weighted by atomic mass is 16.6. The molecule has 1 aromatic carbocycles. The third-order valence-corrected chi connectivity index (χ3v) is 3.75. The normalized spacial score (nSPS) is 22.3. The summed E-state index contributed by atoms with van der Waals surface area (Å²) in [6.45, 7) is 8.88. The zero-order valence-electron chi connectivity index (χ0n) is 13.2. The van der Waals surface area contributed by atoms with E-state index in [-0.39, 0.29) is 11.5 Å². The van der Waals surface area contributed by atoms with Crippen molar-refractivity contribution >= 4 is 5.97 Å². The zero-order chi connectivity index (χ0) is 15.6. The molecule has 1 fully saturated rings. The second-order valence-corrected chi connectivity index (χ2v) is 6.72. The maximum Gasteiger partial charge on any atom is 0.332 e. The molecule has 2 atom stereocenters. The Morgan fingerprint density at radius 2 is 2.10 bits per heavy atom. The highest BCUT2D eigenvalue weighted by Gasteiger charge is 2.31. The maximum absolute atomic E-state index is 10.9. The van der Waals surface area contributed by atoms with Gasteiger partial charge in [-0.15, -0.1) is 0 Å². The van der Waals surface area contributed by atoms with Crippen molar-refractivity contribution in [1.82, 2.24) is 0 Å². The summed E-state index contributed by atoms with van der Waals surface area (Å²) in [6.07, 6.45) is 0.467. The van der Waals surface area contributed by atoms with Gasteiger partial charge < -0.3 is 14.6 Å². The molecule has 0 aliphatic carbocycles. The molecule has 1 aliphatic heterocycles. The van der Waals surface area contributed by atoms with Crippen LogP contribution in [0.5, 0.6) is 5.75 Å². The quantitative estimate of drug-likeness (QED) is 0.925. The molecule has 1 heterocycles. The van der Waals surface area contributed by atoms with Crippen LogP contribution >= 0.6 is 0 Å². The summed E-state index contributed by atoms with van der Waals surface area (Å²) in [5, 5.41) is 8.94. The molecule has 1 N–H and O–H groups in total. The van der Waals surface area contributed by atoms with Gasteiger partial charge in [-0.3, -0.25) is 0 Å². The summed E-state index contributed by atoms with van der Waals surface area (Å²) in [5.41, 5.74) is 2.30. The summed E-state index contributed by atoms with van der Waals surface area (Å²) in [4.78, 5) is 10.9. The zero-order valence-corrected chi connectivity index (χ0v) is 13.2. The van der Waals surface area contributed by atoms with Crippen molar-refractivity contribution in [3.63, 3.8) is 0 Å². The van der Waals surface area contributed by atoms with Crippen LogP contribution in [0, 0.1) is 6.92 Å². The van der Waals surface area contributed by atoms with Crippen molar-refractivity contribution in [2.75, 3.05) is 6.61 Å². The van der Waals surface area contributed by atoms with Crippen molar-refractivity contribution in [1.29, 1.82) is 0 Å². The third-order valence-electron chi connectivity index (χ3n) is 3.75. The molecule has 0 spiro atoms. The lowest BCUT2D eigenvalue weighted by molar-refractivity contribution is -0.149. The lowest BCUT2D eigenvalue weighted by Crippen LogP contribution is -2.24. The number of aryl methyl sites for hydroxylation is 1. The molecule has 2 rings (SSSR count). The van der Waals surface area contributed by atoms with Gasteiger partial charge in [0, 0.05) is 0 Å². The Bertz CT molecular complexity index is 516. The summed E-state index contributed by atoms with van der Waals surface area (Å²) in [5.74, 6) is -0.0201. The number of aliphatic carboxylic acids is 1. The molecular weight excluding hydrogens is 268 g/mol. The van der Waals surface area contributed by atoms with Crippen LogP contribution in [0.3, 0.4) is 0 Å². The molecule has 0 amide bonds. The smallest absolute Gasteiger partial charge is 0.332 e. The molecule has 1 saturated heterocycles. The Hall–Kier alpha value is -1.55. The van der Waals surface area contributed by atoms with E-state index in [4.69, 9.17) is 14.6 Å². The minimum absolute atomic E-state index is 0.00314. The summed E-state index contributed by atoms with van der Waals surface area (Å²) < 4.78 is 11.4. The minimum atomic E-state index is -0.886. The molecule has 4 heteroatoms. The molecule has 0 saturated carbocycles. The second-order valence-electron chi connectivity index (χ2n) is 6.72. The Morgan fingerprint density at radius 1 is 1.38 bits per heavy atom. The van der Waals surface area contributed by atoms with Gasteiger partial charge in [-0.2, -0.15) is 0 Å². The van der Waals surface area contributed by atoms with Crippen molar-refractivity contribution in [3.05, 3.63) is 29.3 Å². The first-order valence-corrected chi connectivity index (χ1v) is 7.39. The number of hydrogen-bond acceptors (Lipinski definition) is 3. The third kappa shape index (κ3) is 3.97. The number of carboxylic acid groups (broad SMARTS) is 1. The lowest BCUT2D eigenvalue weighted by atomic mass is 9.86. The number of carbonyl (C=O) groups is 1. The molecule has 0 aromatic heterocycles. The first-order chi connectivity index (χ1) is 9.77. The molecule has 21 heavy (non-hydrogen) atoms. The first-order valence-electron chi connectivity index (χ1n) is 7.39. The molecule has 1 aliphatic rings. The summed E-state index contributed by atoms with van der Waals surface area (Å²) in [7, 11) is 0. The number of rotatable bonds is 4. The number of benzene rings is 1. The van der Waals surface area contributed by atoms with Crippen LogP contribution in [0.1, 0.15) is 44.7 Å². The molecule has 116 valence electrons. The predicted molar refractivity (Wildman–Crippen MR) is 80.9 cm³/mol. The van der Waals surface area contributed by atoms with Crippen molar-refractivity contribution in [2.45, 2.75) is 58.2 Å².